The average Bonchev–Trinajstić information content (AvgIpc) is 1.60. The van der Waals surface area contributed by atoms with Gasteiger partial charge in [-0.1, -0.05) is 210 Å². The third-order valence-corrected chi connectivity index (χ3v) is 20.7. The molecule has 15 aromatic carbocycles. The molecule has 0 spiro atoms. The molecule has 2 aliphatic carbocycles. The van der Waals surface area contributed by atoms with Crippen molar-refractivity contribution < 1.29 is 0 Å². The summed E-state index contributed by atoms with van der Waals surface area (Å²) in [4.78, 5) is 0. The zero-order chi connectivity index (χ0) is 59.7. The second-order valence-corrected chi connectivity index (χ2v) is 26.4. The van der Waals surface area contributed by atoms with E-state index in [2.05, 4.69) is 328 Å². The summed E-state index contributed by atoms with van der Waals surface area (Å²) in [6, 6.07) is 110. The molecule has 0 N–H and O–H groups in total. The smallest absolute Gasteiger partial charge is 0.0553 e. The lowest BCUT2D eigenvalue weighted by Crippen LogP contribution is -2.15. The van der Waals surface area contributed by atoms with Crippen LogP contribution in [0.4, 0.5) is 0 Å². The van der Waals surface area contributed by atoms with Crippen LogP contribution in [0.1, 0.15) is 49.9 Å². The number of aromatic nitrogens is 2. The Morgan fingerprint density at radius 3 is 0.944 bits per heavy atom. The fraction of sp³-hybridized carbons (Fsp3) is 0.0682. The van der Waals surface area contributed by atoms with Gasteiger partial charge in [0.2, 0.25) is 0 Å². The number of rotatable bonds is 8. The van der Waals surface area contributed by atoms with E-state index in [9.17, 15) is 0 Å². The van der Waals surface area contributed by atoms with E-state index in [1.165, 1.54) is 165 Å². The minimum Gasteiger partial charge on any atom is -0.309 e. The number of nitrogens with zero attached hydrogens (tertiary/aromatic N) is 2. The van der Waals surface area contributed by atoms with Gasteiger partial charge in [0.05, 0.1) is 22.1 Å². The molecule has 0 saturated carbocycles. The first-order chi connectivity index (χ1) is 44.1. The summed E-state index contributed by atoms with van der Waals surface area (Å²) < 4.78 is 4.93. The molecule has 0 fully saturated rings. The summed E-state index contributed by atoms with van der Waals surface area (Å²) in [5.41, 5.74) is 32.1. The maximum Gasteiger partial charge on any atom is 0.0553 e. The third-order valence-electron chi connectivity index (χ3n) is 20.7. The predicted molar refractivity (Wildman–Crippen MR) is 380 cm³/mol. The zero-order valence-corrected chi connectivity index (χ0v) is 50.6. The highest BCUT2D eigenvalue weighted by Crippen LogP contribution is 2.53. The topological polar surface area (TPSA) is 9.86 Å². The zero-order valence-electron chi connectivity index (χ0n) is 50.6. The monoisotopic (exact) mass is 1140 g/mol. The molecule has 0 aliphatic heterocycles. The molecule has 422 valence electrons. The lowest BCUT2D eigenvalue weighted by atomic mass is 9.81. The lowest BCUT2D eigenvalue weighted by Gasteiger charge is -2.22. The van der Waals surface area contributed by atoms with Crippen molar-refractivity contribution >= 4 is 65.2 Å². The van der Waals surface area contributed by atoms with Gasteiger partial charge in [0.15, 0.2) is 0 Å². The molecule has 0 radical (unpaired) electrons. The Balaban J connectivity index is 0.794. The third kappa shape index (κ3) is 7.40. The van der Waals surface area contributed by atoms with Gasteiger partial charge in [0.1, 0.15) is 0 Å². The Morgan fingerprint density at radius 1 is 0.200 bits per heavy atom. The highest BCUT2D eigenvalue weighted by atomic mass is 15.0. The van der Waals surface area contributed by atoms with E-state index in [0.717, 1.165) is 22.5 Å². The fourth-order valence-corrected chi connectivity index (χ4v) is 16.3. The van der Waals surface area contributed by atoms with Crippen molar-refractivity contribution in [1.29, 1.82) is 0 Å². The first-order valence-electron chi connectivity index (χ1n) is 31.7. The van der Waals surface area contributed by atoms with Gasteiger partial charge in [0.25, 0.3) is 0 Å². The first-order valence-corrected chi connectivity index (χ1v) is 31.7. The molecule has 0 saturated heterocycles. The summed E-state index contributed by atoms with van der Waals surface area (Å²) in [5, 5.41) is 10.2. The van der Waals surface area contributed by atoms with Crippen LogP contribution in [0.3, 0.4) is 0 Å². The number of hydrogen-bond donors (Lipinski definition) is 0. The van der Waals surface area contributed by atoms with E-state index in [-0.39, 0.29) is 10.8 Å². The summed E-state index contributed by atoms with van der Waals surface area (Å²) >= 11 is 0. The van der Waals surface area contributed by atoms with Gasteiger partial charge in [-0.25, -0.2) is 0 Å². The van der Waals surface area contributed by atoms with Gasteiger partial charge >= 0.3 is 0 Å². The number of fused-ring (bicyclic) bond motifs is 6. The number of hydrogen-bond acceptors (Lipinski definition) is 0. The molecule has 0 amide bonds. The number of benzene rings is 15. The molecule has 17 aromatic rings. The van der Waals surface area contributed by atoms with Crippen molar-refractivity contribution in [2.75, 3.05) is 0 Å². The van der Waals surface area contributed by atoms with Crippen LogP contribution >= 0.6 is 0 Å². The van der Waals surface area contributed by atoms with E-state index in [1.807, 2.05) is 0 Å². The van der Waals surface area contributed by atoms with Crippen molar-refractivity contribution in [3.8, 4) is 100 Å². The molecule has 2 heteroatoms. The molecule has 2 aromatic heterocycles. The minimum atomic E-state index is -0.116. The minimum absolute atomic E-state index is 0.116. The molecule has 2 aliphatic rings. The van der Waals surface area contributed by atoms with Crippen LogP contribution in [0.5, 0.6) is 0 Å². The second-order valence-electron chi connectivity index (χ2n) is 26.4. The van der Waals surface area contributed by atoms with E-state index in [0.29, 0.717) is 0 Å². The molecule has 2 heterocycles. The molecule has 0 unspecified atom stereocenters. The maximum absolute atomic E-state index is 2.47. The van der Waals surface area contributed by atoms with Gasteiger partial charge in [-0.2, -0.15) is 0 Å². The van der Waals surface area contributed by atoms with Crippen LogP contribution in [0.25, 0.3) is 166 Å². The Labute approximate surface area is 523 Å². The normalized spacial score (nSPS) is 13.7. The van der Waals surface area contributed by atoms with Crippen molar-refractivity contribution in [3.63, 3.8) is 0 Å². The van der Waals surface area contributed by atoms with E-state index >= 15 is 0 Å². The van der Waals surface area contributed by atoms with Gasteiger partial charge in [-0.15, -0.1) is 0 Å². The first kappa shape index (κ1) is 51.0. The Bertz CT molecular complexity index is 5480. The SMILES string of the molecule is CC1(C)c2ccccc2-c2ccc(-c3cc(-c4ccc(-c5cc(-c6cc7ccc8cccc9c8c7c(c6)n9-c6ccccc6)cc(-c6cc7ccc8cccc9c8c7c(c6)n9-c6ccccc6)c5)cc4)cc(-c4ccc5c(c4)C(C)(C)c4ccccc4-5)c3)cc21. The Hall–Kier alpha value is -11.1. The molecule has 90 heavy (non-hydrogen) atoms. The molecule has 0 bridgehead atoms. The van der Waals surface area contributed by atoms with Crippen LogP contribution in [0.15, 0.2) is 291 Å². The van der Waals surface area contributed by atoms with Gasteiger partial charge in [-0.3, -0.25) is 0 Å². The Morgan fingerprint density at radius 2 is 0.522 bits per heavy atom. The maximum atomic E-state index is 2.47. The quantitative estimate of drug-likeness (QED) is 0.134. The van der Waals surface area contributed by atoms with Gasteiger partial charge in [0, 0.05) is 43.7 Å². The molecule has 19 rings (SSSR count). The van der Waals surface area contributed by atoms with Crippen LogP contribution in [0, 0.1) is 0 Å². The summed E-state index contributed by atoms with van der Waals surface area (Å²) in [7, 11) is 0. The molecular weight excluding hydrogens is 1080 g/mol. The van der Waals surface area contributed by atoms with Crippen molar-refractivity contribution in [3.05, 3.63) is 313 Å². The number of para-hydroxylation sites is 2. The van der Waals surface area contributed by atoms with Crippen LogP contribution in [-0.2, 0) is 10.8 Å². The van der Waals surface area contributed by atoms with Crippen LogP contribution in [-0.4, -0.2) is 9.13 Å². The molecule has 0 atom stereocenters. The van der Waals surface area contributed by atoms with Crippen LogP contribution in [0.2, 0.25) is 0 Å². The fourth-order valence-electron chi connectivity index (χ4n) is 16.3. The standard InChI is InChI=1S/C88H60N2/c1-87(2)75-25-13-11-23-71(75)73-39-37-57(49-77(73)87)63-43-61(44-64(47-63)58-38-40-74-72-24-12-14-26-76(72)88(3,4)78(74)50-58)53-29-31-54(32-30-53)62-45-65(67-41-59-35-33-55-17-15-27-79-83(55)85(59)81(51-67)89(79)69-19-7-5-8-20-69)48-66(46-62)68-42-60-36-34-56-18-16-28-80-84(56)86(60)82(52-68)90(80)70-21-9-6-10-22-70/h5-52H,1-4H3. The van der Waals surface area contributed by atoms with E-state index in [1.54, 1.807) is 0 Å². The highest BCUT2D eigenvalue weighted by Gasteiger charge is 2.37. The summed E-state index contributed by atoms with van der Waals surface area (Å²) in [6.07, 6.45) is 0. The highest BCUT2D eigenvalue weighted by molar-refractivity contribution is 6.26. The molecule has 2 nitrogen and oxygen atoms in total. The van der Waals surface area contributed by atoms with Gasteiger partial charge < -0.3 is 9.13 Å². The summed E-state index contributed by atoms with van der Waals surface area (Å²) in [6.45, 7) is 9.52. The lowest BCUT2D eigenvalue weighted by molar-refractivity contribution is 0.660. The second kappa shape index (κ2) is 18.7. The predicted octanol–water partition coefficient (Wildman–Crippen LogP) is 23.7. The summed E-state index contributed by atoms with van der Waals surface area (Å²) in [5.74, 6) is 0. The van der Waals surface area contributed by atoms with E-state index in [4.69, 9.17) is 0 Å². The van der Waals surface area contributed by atoms with Crippen molar-refractivity contribution in [2.45, 2.75) is 38.5 Å². The average molecular weight is 1150 g/mol. The van der Waals surface area contributed by atoms with Crippen molar-refractivity contribution in [1.82, 2.24) is 9.13 Å². The molecular formula is C88H60N2. The van der Waals surface area contributed by atoms with Crippen LogP contribution < -0.4 is 0 Å². The largest absolute Gasteiger partial charge is 0.309 e. The van der Waals surface area contributed by atoms with E-state index < -0.39 is 0 Å². The van der Waals surface area contributed by atoms with Crippen molar-refractivity contribution in [2.24, 2.45) is 0 Å². The van der Waals surface area contributed by atoms with Gasteiger partial charge in [-0.05, 0) is 242 Å². The Kier molecular flexibility index (Phi) is 10.6.